The molecule has 9 heteroatoms. The number of nitriles is 1. The fraction of sp³-hybridized carbons (Fsp3) is 0.412. The van der Waals surface area contributed by atoms with E-state index in [-0.39, 0.29) is 17.0 Å². The summed E-state index contributed by atoms with van der Waals surface area (Å²) >= 11 is 0. The van der Waals surface area contributed by atoms with Crippen LogP contribution in [0.1, 0.15) is 22.5 Å². The molecular weight excluding hydrogens is 359 g/mol. The lowest BCUT2D eigenvalue weighted by Gasteiger charge is -2.26. The Hall–Kier alpha value is -2.28. The van der Waals surface area contributed by atoms with Crippen molar-refractivity contribution < 1.29 is 17.5 Å². The molecule has 0 spiro atoms. The second-order valence-corrected chi connectivity index (χ2v) is 7.97. The van der Waals surface area contributed by atoms with Gasteiger partial charge in [0.2, 0.25) is 10.0 Å². The van der Waals surface area contributed by atoms with Gasteiger partial charge in [-0.1, -0.05) is 6.07 Å². The Balaban J connectivity index is 1.95. The topological polar surface area (TPSA) is 88.2 Å². The molecule has 2 heterocycles. The first-order valence-electron chi connectivity index (χ1n) is 8.15. The molecule has 1 aliphatic heterocycles. The maximum Gasteiger partial charge on any atom is 0.246 e. The minimum Gasteiger partial charge on any atom is -0.379 e. The maximum absolute atomic E-state index is 14.2. The Morgan fingerprint density at radius 3 is 2.62 bits per heavy atom. The first-order valence-corrected chi connectivity index (χ1v) is 9.59. The van der Waals surface area contributed by atoms with Crippen molar-refractivity contribution in [1.29, 1.82) is 5.26 Å². The Morgan fingerprint density at radius 1 is 1.31 bits per heavy atom. The van der Waals surface area contributed by atoms with Crippen molar-refractivity contribution in [2.75, 3.05) is 26.3 Å². The van der Waals surface area contributed by atoms with Gasteiger partial charge in [-0.25, -0.2) is 12.8 Å². The number of nitrogens with zero attached hydrogens (tertiary/aromatic N) is 4. The molecule has 0 bridgehead atoms. The third-order valence-corrected chi connectivity index (χ3v) is 6.54. The molecule has 1 aromatic heterocycles. The van der Waals surface area contributed by atoms with Crippen LogP contribution in [0.3, 0.4) is 0 Å². The van der Waals surface area contributed by atoms with Crippen LogP contribution in [0.2, 0.25) is 0 Å². The van der Waals surface area contributed by atoms with Crippen LogP contribution >= 0.6 is 0 Å². The quantitative estimate of drug-likeness (QED) is 0.806. The number of ether oxygens (including phenoxy) is 1. The molecule has 2 aromatic rings. The molecule has 0 unspecified atom stereocenters. The Morgan fingerprint density at radius 2 is 2.00 bits per heavy atom. The summed E-state index contributed by atoms with van der Waals surface area (Å²) in [5.74, 6) is -0.519. The van der Waals surface area contributed by atoms with Crippen LogP contribution in [0.5, 0.6) is 0 Å². The molecule has 1 aliphatic rings. The highest BCUT2D eigenvalue weighted by Crippen LogP contribution is 2.25. The minimum absolute atomic E-state index is 0.0862. The van der Waals surface area contributed by atoms with Crippen LogP contribution in [-0.4, -0.2) is 48.8 Å². The van der Waals surface area contributed by atoms with Gasteiger partial charge in [-0.3, -0.25) is 4.68 Å². The predicted octanol–water partition coefficient (Wildman–Crippen LogP) is 1.58. The molecule has 1 aromatic carbocycles. The van der Waals surface area contributed by atoms with Crippen LogP contribution in [-0.2, 0) is 21.3 Å². The van der Waals surface area contributed by atoms with Crippen LogP contribution in [0.15, 0.2) is 23.1 Å². The molecular formula is C17H19FN4O3S. The number of sulfonamides is 1. The van der Waals surface area contributed by atoms with Gasteiger partial charge < -0.3 is 4.74 Å². The normalized spacial score (nSPS) is 15.8. The molecule has 7 nitrogen and oxygen atoms in total. The number of aryl methyl sites for hydroxylation is 1. The van der Waals surface area contributed by atoms with Crippen molar-refractivity contribution in [3.8, 4) is 6.07 Å². The van der Waals surface area contributed by atoms with E-state index in [1.807, 2.05) is 6.07 Å². The van der Waals surface area contributed by atoms with Gasteiger partial charge in [-0.2, -0.15) is 14.7 Å². The van der Waals surface area contributed by atoms with Crippen molar-refractivity contribution in [1.82, 2.24) is 14.1 Å². The van der Waals surface area contributed by atoms with Gasteiger partial charge in [0, 0.05) is 18.7 Å². The van der Waals surface area contributed by atoms with Crippen molar-refractivity contribution >= 4 is 10.0 Å². The minimum atomic E-state index is -3.68. The average molecular weight is 378 g/mol. The average Bonchev–Trinajstić information content (AvgIpc) is 2.91. The summed E-state index contributed by atoms with van der Waals surface area (Å²) in [4.78, 5) is 0.161. The highest BCUT2D eigenvalue weighted by Gasteiger charge is 2.32. The lowest BCUT2D eigenvalue weighted by Crippen LogP contribution is -2.41. The Bertz CT molecular complexity index is 973. The van der Waals surface area contributed by atoms with Crippen LogP contribution < -0.4 is 0 Å². The molecule has 26 heavy (non-hydrogen) atoms. The lowest BCUT2D eigenvalue weighted by atomic mass is 10.1. The monoisotopic (exact) mass is 378 g/mol. The molecule has 0 amide bonds. The van der Waals surface area contributed by atoms with E-state index in [2.05, 4.69) is 5.10 Å². The Labute approximate surface area is 151 Å². The zero-order valence-electron chi connectivity index (χ0n) is 14.6. The second kappa shape index (κ2) is 7.15. The Kier molecular flexibility index (Phi) is 5.09. The molecule has 1 saturated heterocycles. The van der Waals surface area contributed by atoms with Crippen molar-refractivity contribution in [2.24, 2.45) is 0 Å². The molecule has 138 valence electrons. The zero-order valence-corrected chi connectivity index (χ0v) is 15.4. The van der Waals surface area contributed by atoms with E-state index in [1.165, 1.54) is 21.1 Å². The molecule has 0 saturated carbocycles. The lowest BCUT2D eigenvalue weighted by molar-refractivity contribution is 0.0730. The van der Waals surface area contributed by atoms with Gasteiger partial charge in [0.1, 0.15) is 10.7 Å². The summed E-state index contributed by atoms with van der Waals surface area (Å²) in [6, 6.07) is 6.08. The molecule has 1 fully saturated rings. The van der Waals surface area contributed by atoms with E-state index in [9.17, 15) is 12.8 Å². The number of halogens is 1. The summed E-state index contributed by atoms with van der Waals surface area (Å²) in [6.45, 7) is 4.71. The summed E-state index contributed by atoms with van der Waals surface area (Å²) in [5, 5.41) is 13.1. The van der Waals surface area contributed by atoms with E-state index in [1.54, 1.807) is 13.8 Å². The van der Waals surface area contributed by atoms with E-state index in [0.717, 1.165) is 6.07 Å². The van der Waals surface area contributed by atoms with E-state index in [0.29, 0.717) is 43.3 Å². The largest absolute Gasteiger partial charge is 0.379 e. The van der Waals surface area contributed by atoms with Gasteiger partial charge in [-0.15, -0.1) is 0 Å². The summed E-state index contributed by atoms with van der Waals surface area (Å²) in [6.07, 6.45) is 0. The second-order valence-electron chi connectivity index (χ2n) is 6.09. The fourth-order valence-corrected chi connectivity index (χ4v) is 4.81. The number of morpholine rings is 1. The first-order chi connectivity index (χ1) is 12.3. The summed E-state index contributed by atoms with van der Waals surface area (Å²) < 4.78 is 48.1. The molecule has 3 rings (SSSR count). The molecule has 0 atom stereocenters. The smallest absolute Gasteiger partial charge is 0.246 e. The molecule has 0 aliphatic carbocycles. The van der Waals surface area contributed by atoms with E-state index >= 15 is 0 Å². The number of rotatable bonds is 4. The standard InChI is InChI=1S/C17H19FN4O3S/c1-12-17(26(23,24)21-5-7-25-8-6-21)13(2)22(20-12)11-15-4-3-14(10-19)9-16(15)18/h3-4,9H,5-8,11H2,1-2H3. The van der Waals surface area contributed by atoms with E-state index in [4.69, 9.17) is 10.00 Å². The van der Waals surface area contributed by atoms with Crippen molar-refractivity contribution in [2.45, 2.75) is 25.3 Å². The number of hydrogen-bond acceptors (Lipinski definition) is 5. The third kappa shape index (κ3) is 3.35. The van der Waals surface area contributed by atoms with Gasteiger partial charge in [-0.05, 0) is 26.0 Å². The van der Waals surface area contributed by atoms with Crippen molar-refractivity contribution in [3.63, 3.8) is 0 Å². The molecule has 0 N–H and O–H groups in total. The summed E-state index contributed by atoms with van der Waals surface area (Å²) in [7, 11) is -3.68. The van der Waals surface area contributed by atoms with Crippen LogP contribution in [0.25, 0.3) is 0 Å². The fourth-order valence-electron chi connectivity index (χ4n) is 3.03. The first kappa shape index (κ1) is 18.5. The van der Waals surface area contributed by atoms with Crippen LogP contribution in [0, 0.1) is 31.0 Å². The number of benzene rings is 1. The SMILES string of the molecule is Cc1nn(Cc2ccc(C#N)cc2F)c(C)c1S(=O)(=O)N1CCOCC1. The summed E-state index contributed by atoms with van der Waals surface area (Å²) in [5.41, 5.74) is 1.40. The maximum atomic E-state index is 14.2. The van der Waals surface area contributed by atoms with Gasteiger partial charge in [0.15, 0.2) is 0 Å². The highest BCUT2D eigenvalue weighted by atomic mass is 32.2. The zero-order chi connectivity index (χ0) is 18.9. The predicted molar refractivity (Wildman–Crippen MR) is 91.5 cm³/mol. The highest BCUT2D eigenvalue weighted by molar-refractivity contribution is 7.89. The van der Waals surface area contributed by atoms with Gasteiger partial charge >= 0.3 is 0 Å². The van der Waals surface area contributed by atoms with Gasteiger partial charge in [0.25, 0.3) is 0 Å². The molecule has 0 radical (unpaired) electrons. The third-order valence-electron chi connectivity index (χ3n) is 4.39. The number of aromatic nitrogens is 2. The van der Waals surface area contributed by atoms with Crippen LogP contribution in [0.4, 0.5) is 4.39 Å². The number of hydrogen-bond donors (Lipinski definition) is 0. The van der Waals surface area contributed by atoms with Crippen molar-refractivity contribution in [3.05, 3.63) is 46.5 Å². The van der Waals surface area contributed by atoms with E-state index < -0.39 is 15.8 Å². The van der Waals surface area contributed by atoms with Gasteiger partial charge in [0.05, 0.1) is 42.8 Å².